The van der Waals surface area contributed by atoms with Crippen LogP contribution in [0.4, 0.5) is 17.3 Å². The summed E-state index contributed by atoms with van der Waals surface area (Å²) in [6.07, 6.45) is 7.59. The maximum absolute atomic E-state index is 7.75. The summed E-state index contributed by atoms with van der Waals surface area (Å²) in [6.45, 7) is 0.402. The van der Waals surface area contributed by atoms with E-state index in [9.17, 15) is 0 Å². The second-order valence-electron chi connectivity index (χ2n) is 5.59. The highest BCUT2D eigenvalue weighted by atomic mass is 15.2. The molecule has 4 aromatic rings. The number of benzene rings is 1. The van der Waals surface area contributed by atoms with Crippen LogP contribution in [0.5, 0.6) is 0 Å². The van der Waals surface area contributed by atoms with E-state index in [1.807, 2.05) is 30.3 Å². The van der Waals surface area contributed by atoms with Crippen LogP contribution in [0.25, 0.3) is 11.0 Å². The topological polar surface area (TPSA) is 128 Å². The number of para-hydroxylation sites is 1. The first-order valence-corrected chi connectivity index (χ1v) is 8.16. The molecule has 0 radical (unpaired) electrons. The van der Waals surface area contributed by atoms with Crippen LogP contribution >= 0.6 is 0 Å². The van der Waals surface area contributed by atoms with Gasteiger partial charge in [-0.05, 0) is 29.8 Å². The van der Waals surface area contributed by atoms with Gasteiger partial charge in [0, 0.05) is 18.6 Å². The third-order valence-corrected chi connectivity index (χ3v) is 3.88. The number of aromatic amines is 1. The van der Waals surface area contributed by atoms with Gasteiger partial charge in [0.1, 0.15) is 17.7 Å². The lowest BCUT2D eigenvalue weighted by molar-refractivity contribution is 0.937. The molecule has 1 aromatic carbocycles. The third kappa shape index (κ3) is 3.52. The number of rotatable bonds is 6. The van der Waals surface area contributed by atoms with Crippen molar-refractivity contribution in [1.82, 2.24) is 24.9 Å². The van der Waals surface area contributed by atoms with E-state index in [-0.39, 0.29) is 0 Å². The molecule has 27 heavy (non-hydrogen) atoms. The zero-order valence-corrected chi connectivity index (χ0v) is 14.2. The van der Waals surface area contributed by atoms with Crippen molar-refractivity contribution in [1.29, 1.82) is 5.41 Å². The number of H-pyrrole nitrogens is 1. The summed E-state index contributed by atoms with van der Waals surface area (Å²) in [5.74, 6) is 0.791. The van der Waals surface area contributed by atoms with Crippen molar-refractivity contribution in [3.05, 3.63) is 66.5 Å². The highest BCUT2D eigenvalue weighted by Gasteiger charge is 2.11. The highest BCUT2D eigenvalue weighted by Crippen LogP contribution is 2.27. The van der Waals surface area contributed by atoms with Crippen LogP contribution in [0.3, 0.4) is 0 Å². The largest absolute Gasteiger partial charge is 0.345 e. The van der Waals surface area contributed by atoms with Gasteiger partial charge in [0.05, 0.1) is 29.6 Å². The second-order valence-corrected chi connectivity index (χ2v) is 5.59. The van der Waals surface area contributed by atoms with Gasteiger partial charge in [-0.1, -0.05) is 6.07 Å². The first-order valence-electron chi connectivity index (χ1n) is 8.16. The number of fused-ring (bicyclic) bond motifs is 1. The van der Waals surface area contributed by atoms with E-state index < -0.39 is 0 Å². The minimum Gasteiger partial charge on any atom is -0.345 e. The number of hydrogen-bond acceptors (Lipinski definition) is 8. The van der Waals surface area contributed by atoms with Crippen molar-refractivity contribution in [3.63, 3.8) is 0 Å². The molecule has 0 aliphatic carbocycles. The first-order chi connectivity index (χ1) is 13.3. The van der Waals surface area contributed by atoms with E-state index >= 15 is 0 Å². The van der Waals surface area contributed by atoms with E-state index in [1.54, 1.807) is 18.7 Å². The molecule has 9 heteroatoms. The zero-order chi connectivity index (χ0) is 18.5. The molecule has 0 amide bonds. The molecule has 4 rings (SSSR count). The van der Waals surface area contributed by atoms with Crippen molar-refractivity contribution in [3.8, 4) is 0 Å². The van der Waals surface area contributed by atoms with Gasteiger partial charge in [0.25, 0.3) is 0 Å². The van der Waals surface area contributed by atoms with Crippen LogP contribution in [-0.4, -0.2) is 31.1 Å². The summed E-state index contributed by atoms with van der Waals surface area (Å²) in [4.78, 5) is 19.7. The average molecular weight is 357 g/mol. The van der Waals surface area contributed by atoms with Crippen molar-refractivity contribution < 1.29 is 0 Å². The molecular formula is C18H15N9. The number of pyridine rings is 1. The second kappa shape index (κ2) is 7.48. The minimum absolute atomic E-state index is 0.325. The van der Waals surface area contributed by atoms with Gasteiger partial charge >= 0.3 is 0 Å². The van der Waals surface area contributed by atoms with Crippen LogP contribution in [0.2, 0.25) is 0 Å². The number of nitrogens with one attached hydrogen (secondary N) is 3. The maximum Gasteiger partial charge on any atom is 0.188 e. The van der Waals surface area contributed by atoms with Gasteiger partial charge in [-0.25, -0.2) is 15.0 Å². The van der Waals surface area contributed by atoms with Crippen LogP contribution in [0, 0.1) is 5.41 Å². The number of anilines is 2. The van der Waals surface area contributed by atoms with Gasteiger partial charge < -0.3 is 15.7 Å². The third-order valence-electron chi connectivity index (χ3n) is 3.88. The Morgan fingerprint density at radius 3 is 2.85 bits per heavy atom. The predicted octanol–water partition coefficient (Wildman–Crippen LogP) is 3.77. The minimum atomic E-state index is 0.325. The first kappa shape index (κ1) is 16.5. The molecule has 132 valence electrons. The van der Waals surface area contributed by atoms with E-state index in [0.29, 0.717) is 23.7 Å². The molecule has 0 bridgehead atoms. The lowest BCUT2D eigenvalue weighted by Crippen LogP contribution is -2.00. The van der Waals surface area contributed by atoms with Crippen LogP contribution in [0.15, 0.2) is 65.6 Å². The van der Waals surface area contributed by atoms with Crippen molar-refractivity contribution >= 4 is 34.6 Å². The standard InChI is InChI=1S/C18H15N9/c19-8-13-17(26-15-3-1-2-14-16(15)22-10-21-14)23-11-24-18(13)27-25-9-12-4-6-20-7-5-12/h1-8,10-11,19H,9H2,(H,21,22)(H,23,24,26). The summed E-state index contributed by atoms with van der Waals surface area (Å²) in [5.41, 5.74) is 3.90. The zero-order valence-electron chi connectivity index (χ0n) is 14.2. The lowest BCUT2D eigenvalue weighted by atomic mass is 10.2. The lowest BCUT2D eigenvalue weighted by Gasteiger charge is -2.09. The average Bonchev–Trinajstić information content (AvgIpc) is 3.19. The SMILES string of the molecule is N=Cc1c(N=NCc2ccncc2)ncnc1Nc1cccc2[nH]cnc12. The molecule has 0 saturated heterocycles. The quantitative estimate of drug-likeness (QED) is 0.357. The van der Waals surface area contributed by atoms with Gasteiger partial charge in [0.2, 0.25) is 0 Å². The Kier molecular flexibility index (Phi) is 4.56. The molecule has 9 nitrogen and oxygen atoms in total. The summed E-state index contributed by atoms with van der Waals surface area (Å²) in [6, 6.07) is 9.47. The highest BCUT2D eigenvalue weighted by molar-refractivity contribution is 5.94. The number of azo groups is 1. The van der Waals surface area contributed by atoms with Crippen LogP contribution in [-0.2, 0) is 6.54 Å². The Bertz CT molecular complexity index is 1100. The van der Waals surface area contributed by atoms with Crippen molar-refractivity contribution in [2.24, 2.45) is 10.2 Å². The molecule has 0 aliphatic heterocycles. The van der Waals surface area contributed by atoms with Gasteiger partial charge in [0.15, 0.2) is 5.82 Å². The molecule has 3 aromatic heterocycles. The smallest absolute Gasteiger partial charge is 0.188 e. The number of nitrogens with zero attached hydrogens (tertiary/aromatic N) is 6. The molecule has 0 saturated carbocycles. The van der Waals surface area contributed by atoms with Crippen molar-refractivity contribution in [2.75, 3.05) is 5.32 Å². The van der Waals surface area contributed by atoms with Gasteiger partial charge in [-0.15, -0.1) is 5.11 Å². The summed E-state index contributed by atoms with van der Waals surface area (Å²) < 4.78 is 0. The molecule has 0 unspecified atom stereocenters. The summed E-state index contributed by atoms with van der Waals surface area (Å²) in [7, 11) is 0. The Morgan fingerprint density at radius 1 is 1.11 bits per heavy atom. The molecule has 0 aliphatic rings. The van der Waals surface area contributed by atoms with Gasteiger partial charge in [-0.2, -0.15) is 5.11 Å². The number of hydrogen-bond donors (Lipinski definition) is 3. The van der Waals surface area contributed by atoms with Crippen LogP contribution in [0.1, 0.15) is 11.1 Å². The molecular weight excluding hydrogens is 342 g/mol. The van der Waals surface area contributed by atoms with E-state index in [1.165, 1.54) is 6.33 Å². The fourth-order valence-electron chi connectivity index (χ4n) is 2.56. The number of imidazole rings is 1. The molecule has 0 atom stereocenters. The van der Waals surface area contributed by atoms with Crippen molar-refractivity contribution in [2.45, 2.75) is 6.54 Å². The monoisotopic (exact) mass is 357 g/mol. The fraction of sp³-hybridized carbons (Fsp3) is 0.0556. The summed E-state index contributed by atoms with van der Waals surface area (Å²) in [5, 5.41) is 19.3. The number of aromatic nitrogens is 5. The van der Waals surface area contributed by atoms with E-state index in [0.717, 1.165) is 28.5 Å². The Balaban J connectivity index is 1.61. The van der Waals surface area contributed by atoms with Gasteiger partial charge in [-0.3, -0.25) is 4.98 Å². The van der Waals surface area contributed by atoms with Crippen LogP contribution < -0.4 is 5.32 Å². The Labute approximate surface area is 154 Å². The summed E-state index contributed by atoms with van der Waals surface area (Å²) >= 11 is 0. The van der Waals surface area contributed by atoms with E-state index in [4.69, 9.17) is 5.41 Å². The molecule has 3 N–H and O–H groups in total. The Morgan fingerprint density at radius 2 is 2.00 bits per heavy atom. The maximum atomic E-state index is 7.75. The molecule has 0 fully saturated rings. The van der Waals surface area contributed by atoms with E-state index in [2.05, 4.69) is 40.5 Å². The predicted molar refractivity (Wildman–Crippen MR) is 102 cm³/mol. The molecule has 0 spiro atoms. The Hall–Kier alpha value is -4.01. The normalized spacial score (nSPS) is 11.1. The fourth-order valence-corrected chi connectivity index (χ4v) is 2.56. The molecule has 3 heterocycles.